The van der Waals surface area contributed by atoms with Crippen molar-refractivity contribution in [2.45, 2.75) is 0 Å². The molecule has 0 aliphatic carbocycles. The molecular weight excluding hydrogens is 316 g/mol. The minimum absolute atomic E-state index is 0.705. The first-order valence-corrected chi connectivity index (χ1v) is 6.96. The molecule has 96 valence electrons. The summed E-state index contributed by atoms with van der Waals surface area (Å²) < 4.78 is 2.74. The zero-order valence-corrected chi connectivity index (χ0v) is 11.9. The maximum absolute atomic E-state index is 4.50. The fourth-order valence-corrected chi connectivity index (χ4v) is 2.77. The minimum Gasteiger partial charge on any atom is -0.277 e. The van der Waals surface area contributed by atoms with Crippen LogP contribution in [-0.4, -0.2) is 19.5 Å². The average molecular weight is 325 g/mol. The van der Waals surface area contributed by atoms with Gasteiger partial charge in [0.25, 0.3) is 0 Å². The number of hydrogen-bond donors (Lipinski definition) is 0. The normalized spacial score (nSPS) is 11.2. The quantitative estimate of drug-likeness (QED) is 0.536. The van der Waals surface area contributed by atoms with Crippen LogP contribution in [0.5, 0.6) is 0 Å². The van der Waals surface area contributed by atoms with Gasteiger partial charge in [-0.2, -0.15) is 0 Å². The average Bonchev–Trinajstić information content (AvgIpc) is 2.82. The maximum Gasteiger partial charge on any atom is 0.158 e. The van der Waals surface area contributed by atoms with Crippen molar-refractivity contribution in [2.75, 3.05) is 0 Å². The lowest BCUT2D eigenvalue weighted by Crippen LogP contribution is -1.99. The van der Waals surface area contributed by atoms with E-state index < -0.39 is 0 Å². The second-order valence-electron chi connectivity index (χ2n) is 4.43. The van der Waals surface area contributed by atoms with Gasteiger partial charge >= 0.3 is 0 Å². The number of hydrogen-bond acceptors (Lipinski definition) is 3. The van der Waals surface area contributed by atoms with E-state index in [1.165, 1.54) is 0 Å². The SMILES string of the molecule is Brc1cncc(-n2c3ccccc3c3cccnc32)n1. The highest BCUT2D eigenvalue weighted by Crippen LogP contribution is 2.29. The second kappa shape index (κ2) is 4.38. The van der Waals surface area contributed by atoms with Crippen LogP contribution in [0.15, 0.2) is 59.6 Å². The number of nitrogens with zero attached hydrogens (tertiary/aromatic N) is 4. The molecule has 0 fully saturated rings. The third-order valence-electron chi connectivity index (χ3n) is 3.26. The van der Waals surface area contributed by atoms with Gasteiger partial charge in [0.15, 0.2) is 5.82 Å². The summed E-state index contributed by atoms with van der Waals surface area (Å²) >= 11 is 3.37. The van der Waals surface area contributed by atoms with Crippen LogP contribution < -0.4 is 0 Å². The summed E-state index contributed by atoms with van der Waals surface area (Å²) in [6.07, 6.45) is 5.21. The van der Waals surface area contributed by atoms with E-state index in [2.05, 4.69) is 49.1 Å². The monoisotopic (exact) mass is 324 g/mol. The van der Waals surface area contributed by atoms with Crippen molar-refractivity contribution in [2.24, 2.45) is 0 Å². The van der Waals surface area contributed by atoms with Crippen molar-refractivity contribution in [1.29, 1.82) is 0 Å². The van der Waals surface area contributed by atoms with E-state index in [0.717, 1.165) is 27.8 Å². The van der Waals surface area contributed by atoms with Crippen LogP contribution in [0.4, 0.5) is 0 Å². The first-order chi connectivity index (χ1) is 9.84. The summed E-state index contributed by atoms with van der Waals surface area (Å²) in [6.45, 7) is 0. The Morgan fingerprint density at radius 2 is 1.80 bits per heavy atom. The van der Waals surface area contributed by atoms with Crippen molar-refractivity contribution in [3.05, 3.63) is 59.6 Å². The van der Waals surface area contributed by atoms with Crippen LogP contribution >= 0.6 is 15.9 Å². The number of benzene rings is 1. The minimum atomic E-state index is 0.705. The molecule has 0 spiro atoms. The third kappa shape index (κ3) is 1.63. The summed E-state index contributed by atoms with van der Waals surface area (Å²) in [6, 6.07) is 12.2. The molecule has 3 aromatic heterocycles. The Morgan fingerprint density at radius 1 is 0.950 bits per heavy atom. The molecule has 3 heterocycles. The van der Waals surface area contributed by atoms with E-state index in [9.17, 15) is 0 Å². The Bertz CT molecular complexity index is 876. The van der Waals surface area contributed by atoms with Gasteiger partial charge in [-0.25, -0.2) is 9.97 Å². The van der Waals surface area contributed by atoms with Crippen molar-refractivity contribution in [1.82, 2.24) is 19.5 Å². The fraction of sp³-hybridized carbons (Fsp3) is 0. The van der Waals surface area contributed by atoms with E-state index in [-0.39, 0.29) is 0 Å². The number of aromatic nitrogens is 4. The summed E-state index contributed by atoms with van der Waals surface area (Å²) in [4.78, 5) is 13.2. The van der Waals surface area contributed by atoms with E-state index >= 15 is 0 Å². The van der Waals surface area contributed by atoms with E-state index in [1.807, 2.05) is 22.8 Å². The smallest absolute Gasteiger partial charge is 0.158 e. The molecule has 4 rings (SSSR count). The van der Waals surface area contributed by atoms with Gasteiger partial charge in [-0.3, -0.25) is 9.55 Å². The lowest BCUT2D eigenvalue weighted by Gasteiger charge is -2.05. The maximum atomic E-state index is 4.50. The lowest BCUT2D eigenvalue weighted by molar-refractivity contribution is 1.01. The molecule has 0 unspecified atom stereocenters. The molecule has 0 radical (unpaired) electrons. The van der Waals surface area contributed by atoms with Gasteiger partial charge in [-0.05, 0) is 34.1 Å². The Kier molecular flexibility index (Phi) is 2.53. The molecule has 1 aromatic carbocycles. The van der Waals surface area contributed by atoms with Crippen LogP contribution in [0.2, 0.25) is 0 Å². The summed E-state index contributed by atoms with van der Waals surface area (Å²) in [7, 11) is 0. The number of halogens is 1. The third-order valence-corrected chi connectivity index (χ3v) is 3.64. The van der Waals surface area contributed by atoms with Crippen LogP contribution in [0.3, 0.4) is 0 Å². The van der Waals surface area contributed by atoms with Crippen LogP contribution in [0.25, 0.3) is 27.8 Å². The van der Waals surface area contributed by atoms with Gasteiger partial charge in [-0.15, -0.1) is 0 Å². The zero-order chi connectivity index (χ0) is 13.5. The predicted molar refractivity (Wildman–Crippen MR) is 81.9 cm³/mol. The zero-order valence-electron chi connectivity index (χ0n) is 10.4. The van der Waals surface area contributed by atoms with Gasteiger partial charge < -0.3 is 0 Å². The molecule has 0 aliphatic rings. The summed E-state index contributed by atoms with van der Waals surface area (Å²) in [5, 5.41) is 2.28. The molecular formula is C15H9BrN4. The first kappa shape index (κ1) is 11.5. The standard InChI is InChI=1S/C15H9BrN4/c16-13-8-17-9-14(19-13)20-12-6-2-1-4-10(12)11-5-3-7-18-15(11)20/h1-9H. The molecule has 0 atom stereocenters. The summed E-state index contributed by atoms with van der Waals surface area (Å²) in [5.41, 5.74) is 1.97. The molecule has 0 saturated carbocycles. The van der Waals surface area contributed by atoms with E-state index in [4.69, 9.17) is 0 Å². The molecule has 5 heteroatoms. The molecule has 4 aromatic rings. The lowest BCUT2D eigenvalue weighted by atomic mass is 10.2. The van der Waals surface area contributed by atoms with Gasteiger partial charge in [0.2, 0.25) is 0 Å². The fourth-order valence-electron chi connectivity index (χ4n) is 2.47. The highest BCUT2D eigenvalue weighted by Gasteiger charge is 2.13. The van der Waals surface area contributed by atoms with Crippen molar-refractivity contribution in [3.63, 3.8) is 0 Å². The summed E-state index contributed by atoms with van der Waals surface area (Å²) in [5.74, 6) is 0.754. The number of para-hydroxylation sites is 1. The Labute approximate surface area is 123 Å². The largest absolute Gasteiger partial charge is 0.277 e. The highest BCUT2D eigenvalue weighted by molar-refractivity contribution is 9.10. The molecule has 4 nitrogen and oxygen atoms in total. The van der Waals surface area contributed by atoms with Crippen molar-refractivity contribution in [3.8, 4) is 5.82 Å². The Balaban J connectivity index is 2.21. The predicted octanol–water partition coefficient (Wildman–Crippen LogP) is 3.73. The number of pyridine rings is 1. The molecule has 20 heavy (non-hydrogen) atoms. The van der Waals surface area contributed by atoms with Crippen LogP contribution in [0.1, 0.15) is 0 Å². The van der Waals surface area contributed by atoms with Crippen molar-refractivity contribution < 1.29 is 0 Å². The number of fused-ring (bicyclic) bond motifs is 3. The van der Waals surface area contributed by atoms with Gasteiger partial charge in [0.05, 0.1) is 17.9 Å². The van der Waals surface area contributed by atoms with Crippen LogP contribution in [-0.2, 0) is 0 Å². The molecule has 0 aliphatic heterocycles. The number of rotatable bonds is 1. The van der Waals surface area contributed by atoms with Gasteiger partial charge in [-0.1, -0.05) is 18.2 Å². The molecule has 0 amide bonds. The second-order valence-corrected chi connectivity index (χ2v) is 5.24. The van der Waals surface area contributed by atoms with Gasteiger partial charge in [0, 0.05) is 17.0 Å². The Hall–Kier alpha value is -2.27. The highest BCUT2D eigenvalue weighted by atomic mass is 79.9. The molecule has 0 N–H and O–H groups in total. The van der Waals surface area contributed by atoms with Crippen LogP contribution in [0, 0.1) is 0 Å². The first-order valence-electron chi connectivity index (χ1n) is 6.17. The molecule has 0 bridgehead atoms. The Morgan fingerprint density at radius 3 is 2.70 bits per heavy atom. The topological polar surface area (TPSA) is 43.6 Å². The van der Waals surface area contributed by atoms with Crippen molar-refractivity contribution >= 4 is 37.9 Å². The van der Waals surface area contributed by atoms with E-state index in [1.54, 1.807) is 18.6 Å². The van der Waals surface area contributed by atoms with Gasteiger partial charge in [0.1, 0.15) is 10.3 Å². The van der Waals surface area contributed by atoms with E-state index in [0.29, 0.717) is 4.60 Å². The molecule has 0 saturated heterocycles.